The molecule has 0 aliphatic heterocycles. The predicted octanol–water partition coefficient (Wildman–Crippen LogP) is 2.72. The zero-order chi connectivity index (χ0) is 13.5. The van der Waals surface area contributed by atoms with Gasteiger partial charge in [0.2, 0.25) is 0 Å². The van der Waals surface area contributed by atoms with Crippen molar-refractivity contribution in [3.8, 4) is 5.75 Å². The molecular weight excluding hydrogens is 242 g/mol. The lowest BCUT2D eigenvalue weighted by Gasteiger charge is -2.02. The Morgan fingerprint density at radius 2 is 1.63 bits per heavy atom. The second-order valence-electron chi connectivity index (χ2n) is 3.87. The number of carboxylic acids is 1. The molecule has 0 bridgehead atoms. The fraction of sp³-hybridized carbons (Fsp3) is 0.0667. The summed E-state index contributed by atoms with van der Waals surface area (Å²) in [5.41, 5.74) is 2.08. The molecule has 0 radical (unpaired) electrons. The number of carbonyl (C=O) groups is 1. The molecule has 0 saturated heterocycles. The van der Waals surface area contributed by atoms with Crippen LogP contribution < -0.4 is 4.74 Å². The summed E-state index contributed by atoms with van der Waals surface area (Å²) in [5.74, 6) is -0.440. The lowest BCUT2D eigenvalue weighted by molar-refractivity contribution is -0.139. The van der Waals surface area contributed by atoms with Gasteiger partial charge in [0.1, 0.15) is 5.75 Å². The molecule has 1 aromatic heterocycles. The topological polar surface area (TPSA) is 59.4 Å². The van der Waals surface area contributed by atoms with Gasteiger partial charge in [0, 0.05) is 12.4 Å². The maximum atomic E-state index is 10.4. The maximum absolute atomic E-state index is 10.4. The molecule has 0 saturated carbocycles. The molecule has 0 amide bonds. The highest BCUT2D eigenvalue weighted by Crippen LogP contribution is 2.14. The van der Waals surface area contributed by atoms with Gasteiger partial charge in [-0.3, -0.25) is 4.98 Å². The van der Waals surface area contributed by atoms with E-state index in [1.165, 1.54) is 0 Å². The van der Waals surface area contributed by atoms with Gasteiger partial charge in [-0.15, -0.1) is 0 Å². The van der Waals surface area contributed by atoms with Gasteiger partial charge >= 0.3 is 5.97 Å². The molecular formula is C15H13NO3. The van der Waals surface area contributed by atoms with Crippen LogP contribution >= 0.6 is 0 Å². The van der Waals surface area contributed by atoms with Gasteiger partial charge in [0.05, 0.1) is 0 Å². The Labute approximate surface area is 111 Å². The Balaban J connectivity index is 1.99. The number of benzene rings is 1. The lowest BCUT2D eigenvalue weighted by atomic mass is 10.1. The Morgan fingerprint density at radius 1 is 1.05 bits per heavy atom. The van der Waals surface area contributed by atoms with Crippen molar-refractivity contribution in [3.63, 3.8) is 0 Å². The molecule has 0 atom stereocenters. The average molecular weight is 255 g/mol. The zero-order valence-electron chi connectivity index (χ0n) is 10.2. The average Bonchev–Trinajstić information content (AvgIpc) is 2.45. The van der Waals surface area contributed by atoms with E-state index in [0.717, 1.165) is 11.1 Å². The molecule has 0 unspecified atom stereocenters. The molecule has 1 heterocycles. The Hall–Kier alpha value is -2.62. The number of hydrogen-bond donors (Lipinski definition) is 1. The van der Waals surface area contributed by atoms with Crippen molar-refractivity contribution < 1.29 is 14.6 Å². The molecule has 0 fully saturated rings. The molecule has 1 aromatic carbocycles. The van der Waals surface area contributed by atoms with Gasteiger partial charge in [-0.1, -0.05) is 24.3 Å². The summed E-state index contributed by atoms with van der Waals surface area (Å²) in [6.07, 6.45) is 7.43. The van der Waals surface area contributed by atoms with Crippen LogP contribution in [0.1, 0.15) is 11.1 Å². The second-order valence-corrected chi connectivity index (χ2v) is 3.87. The normalized spacial score (nSPS) is 10.5. The summed E-state index contributed by atoms with van der Waals surface area (Å²) in [7, 11) is 0. The van der Waals surface area contributed by atoms with Gasteiger partial charge in [-0.25, -0.2) is 4.79 Å². The van der Waals surface area contributed by atoms with Crippen LogP contribution in [0.3, 0.4) is 0 Å². The molecule has 19 heavy (non-hydrogen) atoms. The van der Waals surface area contributed by atoms with Gasteiger partial charge in [-0.05, 0) is 35.4 Å². The quantitative estimate of drug-likeness (QED) is 0.892. The zero-order valence-corrected chi connectivity index (χ0v) is 10.2. The van der Waals surface area contributed by atoms with E-state index in [1.54, 1.807) is 24.5 Å². The Bertz CT molecular complexity index is 562. The first kappa shape index (κ1) is 12.8. The van der Waals surface area contributed by atoms with Crippen LogP contribution in [0.2, 0.25) is 0 Å². The van der Waals surface area contributed by atoms with Gasteiger partial charge in [-0.2, -0.15) is 0 Å². The minimum absolute atomic E-state index is 0.327. The van der Waals surface area contributed by atoms with Crippen molar-refractivity contribution in [2.45, 2.75) is 0 Å². The summed E-state index contributed by atoms with van der Waals surface area (Å²) in [6.45, 7) is -0.327. The first-order valence-corrected chi connectivity index (χ1v) is 5.77. The molecule has 0 spiro atoms. The first-order chi connectivity index (χ1) is 9.24. The third-order valence-corrected chi connectivity index (χ3v) is 2.42. The van der Waals surface area contributed by atoms with E-state index < -0.39 is 5.97 Å². The molecule has 0 aliphatic rings. The Morgan fingerprint density at radius 3 is 2.21 bits per heavy atom. The second kappa shape index (κ2) is 6.35. The van der Waals surface area contributed by atoms with Crippen LogP contribution in [0.5, 0.6) is 5.75 Å². The largest absolute Gasteiger partial charge is 0.482 e. The van der Waals surface area contributed by atoms with E-state index in [4.69, 9.17) is 9.84 Å². The molecule has 2 aromatic rings. The highest BCUT2D eigenvalue weighted by Gasteiger charge is 1.98. The number of rotatable bonds is 5. The van der Waals surface area contributed by atoms with E-state index in [-0.39, 0.29) is 6.61 Å². The van der Waals surface area contributed by atoms with E-state index in [9.17, 15) is 4.79 Å². The van der Waals surface area contributed by atoms with Crippen LogP contribution in [-0.4, -0.2) is 22.7 Å². The van der Waals surface area contributed by atoms with E-state index in [0.29, 0.717) is 5.75 Å². The van der Waals surface area contributed by atoms with Crippen LogP contribution in [0.25, 0.3) is 12.2 Å². The first-order valence-electron chi connectivity index (χ1n) is 5.77. The summed E-state index contributed by atoms with van der Waals surface area (Å²) in [4.78, 5) is 14.3. The van der Waals surface area contributed by atoms with Crippen molar-refractivity contribution in [2.24, 2.45) is 0 Å². The molecule has 4 nitrogen and oxygen atoms in total. The van der Waals surface area contributed by atoms with Crippen molar-refractivity contribution in [1.29, 1.82) is 0 Å². The number of hydrogen-bond acceptors (Lipinski definition) is 3. The Kier molecular flexibility index (Phi) is 4.29. The maximum Gasteiger partial charge on any atom is 0.341 e. The van der Waals surface area contributed by atoms with Crippen LogP contribution in [-0.2, 0) is 4.79 Å². The number of ether oxygens (including phenoxy) is 1. The molecule has 0 aliphatic carbocycles. The summed E-state index contributed by atoms with van der Waals surface area (Å²) >= 11 is 0. The van der Waals surface area contributed by atoms with Crippen LogP contribution in [0, 0.1) is 0 Å². The van der Waals surface area contributed by atoms with Gasteiger partial charge < -0.3 is 9.84 Å². The van der Waals surface area contributed by atoms with Gasteiger partial charge in [0.15, 0.2) is 6.61 Å². The van der Waals surface area contributed by atoms with Crippen LogP contribution in [0.15, 0.2) is 48.8 Å². The van der Waals surface area contributed by atoms with Crippen LogP contribution in [0.4, 0.5) is 0 Å². The number of aromatic nitrogens is 1. The third-order valence-electron chi connectivity index (χ3n) is 2.42. The van der Waals surface area contributed by atoms with Crippen molar-refractivity contribution in [3.05, 3.63) is 59.9 Å². The number of carboxylic acid groups (broad SMARTS) is 1. The fourth-order valence-electron chi connectivity index (χ4n) is 1.49. The van der Waals surface area contributed by atoms with Crippen molar-refractivity contribution >= 4 is 18.1 Å². The summed E-state index contributed by atoms with van der Waals surface area (Å²) in [5, 5.41) is 8.50. The summed E-state index contributed by atoms with van der Waals surface area (Å²) in [6, 6.07) is 11.1. The SMILES string of the molecule is O=C(O)COc1ccc(/C=C/c2ccncc2)cc1. The molecule has 1 N–H and O–H groups in total. The van der Waals surface area contributed by atoms with Crippen molar-refractivity contribution in [2.75, 3.05) is 6.61 Å². The highest BCUT2D eigenvalue weighted by atomic mass is 16.5. The fourth-order valence-corrected chi connectivity index (χ4v) is 1.49. The minimum atomic E-state index is -0.985. The number of aliphatic carboxylic acids is 1. The van der Waals surface area contributed by atoms with E-state index in [1.807, 2.05) is 36.4 Å². The summed E-state index contributed by atoms with van der Waals surface area (Å²) < 4.78 is 5.05. The number of nitrogens with zero attached hydrogens (tertiary/aromatic N) is 1. The van der Waals surface area contributed by atoms with Crippen molar-refractivity contribution in [1.82, 2.24) is 4.98 Å². The third kappa shape index (κ3) is 4.27. The minimum Gasteiger partial charge on any atom is -0.482 e. The van der Waals surface area contributed by atoms with E-state index in [2.05, 4.69) is 4.98 Å². The molecule has 96 valence electrons. The lowest BCUT2D eigenvalue weighted by Crippen LogP contribution is -2.09. The molecule has 2 rings (SSSR count). The number of pyridine rings is 1. The van der Waals surface area contributed by atoms with Gasteiger partial charge in [0.25, 0.3) is 0 Å². The standard InChI is InChI=1S/C15H13NO3/c17-15(18)11-19-14-5-3-12(4-6-14)1-2-13-7-9-16-10-8-13/h1-10H,11H2,(H,17,18)/b2-1+. The predicted molar refractivity (Wildman–Crippen MR) is 72.7 cm³/mol. The van der Waals surface area contributed by atoms with E-state index >= 15 is 0 Å². The smallest absolute Gasteiger partial charge is 0.341 e. The molecule has 4 heteroatoms. The monoisotopic (exact) mass is 255 g/mol. The highest BCUT2D eigenvalue weighted by molar-refractivity contribution is 5.70.